The van der Waals surface area contributed by atoms with Crippen LogP contribution in [0.25, 0.3) is 0 Å². The third-order valence-corrected chi connectivity index (χ3v) is 7.35. The number of pyridine rings is 1. The van der Waals surface area contributed by atoms with Crippen LogP contribution in [0.2, 0.25) is 0 Å². The molecule has 3 aromatic rings. The molecule has 0 saturated carbocycles. The zero-order valence-electron chi connectivity index (χ0n) is 19.4. The lowest BCUT2D eigenvalue weighted by Crippen LogP contribution is -2.25. The van der Waals surface area contributed by atoms with Crippen molar-refractivity contribution in [3.63, 3.8) is 0 Å². The SMILES string of the molecule is COCCCNC(=O)c1ccc(Sc2ccc(NS(=O)(=O)c3ccc(C(C)C)cc3)cc2)nc1. The summed E-state index contributed by atoms with van der Waals surface area (Å²) < 4.78 is 32.9. The number of ether oxygens (including phenoxy) is 1. The first kappa shape index (κ1) is 25.7. The summed E-state index contributed by atoms with van der Waals surface area (Å²) in [7, 11) is -2.04. The molecule has 2 aromatic carbocycles. The van der Waals surface area contributed by atoms with E-state index in [0.29, 0.717) is 30.3 Å². The molecule has 3 rings (SSSR count). The van der Waals surface area contributed by atoms with Gasteiger partial charge >= 0.3 is 0 Å². The first-order chi connectivity index (χ1) is 16.3. The third-order valence-electron chi connectivity index (χ3n) is 5.00. The van der Waals surface area contributed by atoms with Crippen molar-refractivity contribution < 1.29 is 17.9 Å². The lowest BCUT2D eigenvalue weighted by molar-refractivity contribution is 0.0948. The van der Waals surface area contributed by atoms with Gasteiger partial charge < -0.3 is 10.1 Å². The van der Waals surface area contributed by atoms with Gasteiger partial charge in [0, 0.05) is 37.0 Å². The zero-order chi connectivity index (χ0) is 24.6. The average Bonchev–Trinajstić information content (AvgIpc) is 2.83. The number of rotatable bonds is 11. The smallest absolute Gasteiger partial charge is 0.261 e. The monoisotopic (exact) mass is 499 g/mol. The fourth-order valence-corrected chi connectivity index (χ4v) is 4.87. The molecular formula is C25H29N3O4S2. The molecule has 9 heteroatoms. The van der Waals surface area contributed by atoms with Crippen LogP contribution in [0.3, 0.4) is 0 Å². The highest BCUT2D eigenvalue weighted by molar-refractivity contribution is 7.99. The summed E-state index contributed by atoms with van der Waals surface area (Å²) in [6.07, 6.45) is 2.29. The Morgan fingerprint density at radius 1 is 1.03 bits per heavy atom. The minimum absolute atomic E-state index is 0.171. The molecule has 0 radical (unpaired) electrons. The van der Waals surface area contributed by atoms with E-state index in [1.165, 1.54) is 11.8 Å². The number of carbonyl (C=O) groups excluding carboxylic acids is 1. The van der Waals surface area contributed by atoms with Crippen molar-refractivity contribution in [1.82, 2.24) is 10.3 Å². The van der Waals surface area contributed by atoms with E-state index in [-0.39, 0.29) is 10.8 Å². The van der Waals surface area contributed by atoms with Gasteiger partial charge in [-0.3, -0.25) is 9.52 Å². The first-order valence-electron chi connectivity index (χ1n) is 10.9. The average molecular weight is 500 g/mol. The minimum atomic E-state index is -3.66. The van der Waals surface area contributed by atoms with Gasteiger partial charge in [-0.15, -0.1) is 0 Å². The van der Waals surface area contributed by atoms with Crippen LogP contribution in [0, 0.1) is 0 Å². The van der Waals surface area contributed by atoms with Crippen molar-refractivity contribution in [3.05, 3.63) is 78.0 Å². The van der Waals surface area contributed by atoms with Crippen LogP contribution in [-0.2, 0) is 14.8 Å². The number of nitrogens with one attached hydrogen (secondary N) is 2. The van der Waals surface area contributed by atoms with Gasteiger partial charge in [-0.2, -0.15) is 0 Å². The number of anilines is 1. The number of sulfonamides is 1. The maximum atomic E-state index is 12.7. The number of nitrogens with zero attached hydrogens (tertiary/aromatic N) is 1. The first-order valence-corrected chi connectivity index (χ1v) is 13.2. The molecule has 180 valence electrons. The standard InChI is InChI=1S/C25H29N3O4S2/c1-18(2)19-5-12-23(13-6-19)34(30,31)28-21-8-10-22(11-9-21)33-24-14-7-20(17-27-24)25(29)26-15-4-16-32-3/h5-14,17-18,28H,4,15-16H2,1-3H3,(H,26,29). The Hall–Kier alpha value is -2.88. The molecule has 7 nitrogen and oxygen atoms in total. The van der Waals surface area contributed by atoms with Gasteiger partial charge in [0.1, 0.15) is 5.03 Å². The molecular weight excluding hydrogens is 470 g/mol. The van der Waals surface area contributed by atoms with Crippen LogP contribution in [0.15, 0.2) is 81.7 Å². The molecule has 2 N–H and O–H groups in total. The van der Waals surface area contributed by atoms with Gasteiger partial charge in [-0.1, -0.05) is 37.7 Å². The molecule has 0 fully saturated rings. The van der Waals surface area contributed by atoms with Crippen molar-refractivity contribution in [1.29, 1.82) is 0 Å². The highest BCUT2D eigenvalue weighted by Crippen LogP contribution is 2.28. The summed E-state index contributed by atoms with van der Waals surface area (Å²) >= 11 is 1.42. The summed E-state index contributed by atoms with van der Waals surface area (Å²) in [5, 5.41) is 3.56. The fraction of sp³-hybridized carbons (Fsp3) is 0.280. The summed E-state index contributed by atoms with van der Waals surface area (Å²) in [5.41, 5.74) is 2.06. The summed E-state index contributed by atoms with van der Waals surface area (Å²) in [5.74, 6) is 0.166. The van der Waals surface area contributed by atoms with Crippen molar-refractivity contribution in [2.75, 3.05) is 25.0 Å². The second kappa shape index (κ2) is 12.0. The van der Waals surface area contributed by atoms with Gasteiger partial charge in [-0.25, -0.2) is 13.4 Å². The molecule has 34 heavy (non-hydrogen) atoms. The summed E-state index contributed by atoms with van der Waals surface area (Å²) in [4.78, 5) is 17.6. The van der Waals surface area contributed by atoms with Gasteiger partial charge in [0.05, 0.1) is 10.5 Å². The molecule has 0 unspecified atom stereocenters. The zero-order valence-corrected chi connectivity index (χ0v) is 21.1. The molecule has 0 bridgehead atoms. The largest absolute Gasteiger partial charge is 0.385 e. The van der Waals surface area contributed by atoms with Crippen LogP contribution < -0.4 is 10.0 Å². The number of aromatic nitrogens is 1. The Morgan fingerprint density at radius 3 is 2.32 bits per heavy atom. The van der Waals surface area contributed by atoms with E-state index in [1.807, 2.05) is 24.3 Å². The van der Waals surface area contributed by atoms with E-state index in [9.17, 15) is 13.2 Å². The van der Waals surface area contributed by atoms with Crippen molar-refractivity contribution >= 4 is 33.4 Å². The van der Waals surface area contributed by atoms with E-state index in [0.717, 1.165) is 21.9 Å². The Balaban J connectivity index is 1.57. The Labute approximate surface area is 205 Å². The van der Waals surface area contributed by atoms with Gasteiger partial charge in [0.15, 0.2) is 0 Å². The molecule has 0 saturated heterocycles. The summed E-state index contributed by atoms with van der Waals surface area (Å²) in [6.45, 7) is 5.27. The second-order valence-corrected chi connectivity index (χ2v) is 10.7. The predicted molar refractivity (Wildman–Crippen MR) is 135 cm³/mol. The van der Waals surface area contributed by atoms with E-state index >= 15 is 0 Å². The van der Waals surface area contributed by atoms with Crippen LogP contribution >= 0.6 is 11.8 Å². The third kappa shape index (κ3) is 7.31. The Morgan fingerprint density at radius 2 is 1.74 bits per heavy atom. The molecule has 1 aromatic heterocycles. The lowest BCUT2D eigenvalue weighted by Gasteiger charge is -2.10. The van der Waals surface area contributed by atoms with Gasteiger partial charge in [0.25, 0.3) is 15.9 Å². The van der Waals surface area contributed by atoms with Crippen LogP contribution in [0.5, 0.6) is 0 Å². The Bertz CT molecular complexity index is 1180. The number of benzene rings is 2. The van der Waals surface area contributed by atoms with Gasteiger partial charge in [-0.05, 0) is 66.4 Å². The maximum absolute atomic E-state index is 12.7. The van der Waals surface area contributed by atoms with E-state index in [1.54, 1.807) is 49.7 Å². The van der Waals surface area contributed by atoms with Gasteiger partial charge in [0.2, 0.25) is 0 Å². The van der Waals surface area contributed by atoms with Crippen molar-refractivity contribution in [3.8, 4) is 0 Å². The van der Waals surface area contributed by atoms with Crippen LogP contribution in [0.4, 0.5) is 5.69 Å². The number of methoxy groups -OCH3 is 1. The van der Waals surface area contributed by atoms with Crippen LogP contribution in [-0.4, -0.2) is 39.6 Å². The maximum Gasteiger partial charge on any atom is 0.261 e. The number of hydrogen-bond donors (Lipinski definition) is 2. The summed E-state index contributed by atoms with van der Waals surface area (Å²) in [6, 6.07) is 17.5. The lowest BCUT2D eigenvalue weighted by atomic mass is 10.0. The molecule has 1 amide bonds. The van der Waals surface area contributed by atoms with Crippen molar-refractivity contribution in [2.45, 2.75) is 41.0 Å². The minimum Gasteiger partial charge on any atom is -0.385 e. The van der Waals surface area contributed by atoms with Crippen molar-refractivity contribution in [2.24, 2.45) is 0 Å². The molecule has 0 aliphatic rings. The molecule has 1 heterocycles. The highest BCUT2D eigenvalue weighted by Gasteiger charge is 2.14. The Kier molecular flexibility index (Phi) is 9.09. The quantitative estimate of drug-likeness (QED) is 0.363. The van der Waals surface area contributed by atoms with Crippen LogP contribution in [0.1, 0.15) is 42.1 Å². The highest BCUT2D eigenvalue weighted by atomic mass is 32.2. The van der Waals surface area contributed by atoms with E-state index < -0.39 is 10.0 Å². The van der Waals surface area contributed by atoms with E-state index in [2.05, 4.69) is 28.9 Å². The predicted octanol–water partition coefficient (Wildman–Crippen LogP) is 4.92. The van der Waals surface area contributed by atoms with E-state index in [4.69, 9.17) is 4.74 Å². The normalized spacial score (nSPS) is 11.4. The molecule has 0 aliphatic heterocycles. The number of hydrogen-bond acceptors (Lipinski definition) is 6. The molecule has 0 aliphatic carbocycles. The molecule has 0 spiro atoms. The molecule has 0 atom stereocenters. The number of carbonyl (C=O) groups is 1. The number of amides is 1. The second-order valence-electron chi connectivity index (χ2n) is 7.94. The fourth-order valence-electron chi connectivity index (χ4n) is 3.05. The topological polar surface area (TPSA) is 97.4 Å².